The smallest absolute Gasteiger partial charge is 0.0843 e. The topological polar surface area (TPSA) is 3.24 Å². The number of hydrogen-bond acceptors (Lipinski definition) is 1. The van der Waals surface area contributed by atoms with Crippen LogP contribution in [0.15, 0.2) is 24.3 Å². The van der Waals surface area contributed by atoms with Gasteiger partial charge >= 0.3 is 0 Å². The Hall–Kier alpha value is 0.330. The molecule has 0 unspecified atom stereocenters. The molecule has 1 rings (SSSR count). The van der Waals surface area contributed by atoms with Crippen molar-refractivity contribution in [2.45, 2.75) is 0 Å². The van der Waals surface area contributed by atoms with Crippen molar-refractivity contribution in [2.24, 2.45) is 0 Å². The number of benzene rings is 1. The Labute approximate surface area is 83.3 Å². The maximum absolute atomic E-state index is 5.50. The normalized spacial score (nSPS) is 9.50. The third-order valence-electron chi connectivity index (χ3n) is 1.03. The van der Waals surface area contributed by atoms with Crippen molar-refractivity contribution in [1.29, 1.82) is 0 Å². The summed E-state index contributed by atoms with van der Waals surface area (Å²) in [7, 11) is 0. The third kappa shape index (κ3) is 1.90. The number of rotatable bonds is 1. The summed E-state index contributed by atoms with van der Waals surface area (Å²) in [5.41, 5.74) is 0.812. The van der Waals surface area contributed by atoms with Gasteiger partial charge in [0.15, 0.2) is 0 Å². The molecule has 0 amide bonds. The van der Waals surface area contributed by atoms with Crippen LogP contribution in [0.2, 0.25) is 0 Å². The van der Waals surface area contributed by atoms with Gasteiger partial charge in [0.05, 0.1) is 5.69 Å². The average Bonchev–Trinajstić information content (AvgIpc) is 1.88. The van der Waals surface area contributed by atoms with E-state index in [0.717, 1.165) is 13.2 Å². The largest absolute Gasteiger partial charge is 0.193 e. The molecule has 1 nitrogen and oxygen atoms in total. The molecule has 0 fully saturated rings. The molecule has 54 valence electrons. The zero-order valence-electron chi connectivity index (χ0n) is 4.89. The van der Waals surface area contributed by atoms with E-state index in [0.29, 0.717) is 0 Å². The van der Waals surface area contributed by atoms with E-state index in [4.69, 9.17) is 23.6 Å². The Balaban J connectivity index is 3.03. The lowest BCUT2D eigenvalue weighted by molar-refractivity contribution is 1.54. The molecule has 0 saturated carbocycles. The number of para-hydroxylation sites is 1. The first-order valence-corrected chi connectivity index (χ1v) is 4.33. The van der Waals surface area contributed by atoms with E-state index in [1.165, 1.54) is 0 Å². The maximum atomic E-state index is 5.50. The molecule has 0 radical (unpaired) electrons. The quantitative estimate of drug-likeness (QED) is 0.565. The Morgan fingerprint density at radius 2 is 1.80 bits per heavy atom. The number of halogens is 3. The Morgan fingerprint density at radius 1 is 1.20 bits per heavy atom. The minimum Gasteiger partial charge on any atom is -0.193 e. The highest BCUT2D eigenvalue weighted by Crippen LogP contribution is 2.24. The van der Waals surface area contributed by atoms with Crippen LogP contribution in [0.25, 0.3) is 0 Å². The summed E-state index contributed by atoms with van der Waals surface area (Å²) in [5, 5.41) is 0. The van der Waals surface area contributed by atoms with Crippen molar-refractivity contribution in [1.82, 2.24) is 0 Å². The van der Waals surface area contributed by atoms with Crippen LogP contribution < -0.4 is 3.94 Å². The number of anilines is 1. The Morgan fingerprint density at radius 3 is 2.20 bits per heavy atom. The molecule has 0 aliphatic rings. The fourth-order valence-corrected chi connectivity index (χ4v) is 1.80. The molecule has 0 bridgehead atoms. The first-order valence-electron chi connectivity index (χ1n) is 2.58. The van der Waals surface area contributed by atoms with Crippen molar-refractivity contribution in [2.75, 3.05) is 3.94 Å². The van der Waals surface area contributed by atoms with Crippen LogP contribution in [0.5, 0.6) is 0 Å². The SMILES string of the molecule is ClN(Cl)c1ccccc1I. The molecule has 0 saturated heterocycles. The van der Waals surface area contributed by atoms with E-state index in [1.54, 1.807) is 0 Å². The summed E-state index contributed by atoms with van der Waals surface area (Å²) in [6, 6.07) is 7.60. The van der Waals surface area contributed by atoms with Gasteiger partial charge in [0, 0.05) is 27.1 Å². The van der Waals surface area contributed by atoms with Gasteiger partial charge in [-0.2, -0.15) is 3.94 Å². The molecular weight excluding hydrogens is 284 g/mol. The highest BCUT2D eigenvalue weighted by molar-refractivity contribution is 14.1. The van der Waals surface area contributed by atoms with E-state index < -0.39 is 0 Å². The fraction of sp³-hybridized carbons (Fsp3) is 0. The summed E-state index contributed by atoms with van der Waals surface area (Å²) in [6.45, 7) is 0. The van der Waals surface area contributed by atoms with Gasteiger partial charge in [-0.15, -0.1) is 0 Å². The highest BCUT2D eigenvalue weighted by atomic mass is 127. The number of hydrogen-bond donors (Lipinski definition) is 0. The van der Waals surface area contributed by atoms with E-state index in [1.807, 2.05) is 24.3 Å². The third-order valence-corrected chi connectivity index (χ3v) is 2.31. The summed E-state index contributed by atoms with van der Waals surface area (Å²) < 4.78 is 2.09. The molecule has 0 heterocycles. The van der Waals surface area contributed by atoms with Crippen LogP contribution in [0.3, 0.4) is 0 Å². The van der Waals surface area contributed by atoms with Crippen LogP contribution in [0.4, 0.5) is 5.69 Å². The fourth-order valence-electron chi connectivity index (χ4n) is 0.589. The lowest BCUT2D eigenvalue weighted by Gasteiger charge is -2.06. The molecular formula is C6H4Cl2IN. The molecule has 0 spiro atoms. The number of nitrogens with zero attached hydrogens (tertiary/aromatic N) is 1. The van der Waals surface area contributed by atoms with Crippen LogP contribution >= 0.6 is 46.1 Å². The van der Waals surface area contributed by atoms with E-state index >= 15 is 0 Å². The van der Waals surface area contributed by atoms with Crippen LogP contribution in [0, 0.1) is 3.57 Å². The zero-order valence-corrected chi connectivity index (χ0v) is 8.56. The summed E-state index contributed by atoms with van der Waals surface area (Å²) in [6.07, 6.45) is 0. The van der Waals surface area contributed by atoms with Gasteiger partial charge in [-0.1, -0.05) is 12.1 Å². The van der Waals surface area contributed by atoms with Gasteiger partial charge in [-0.25, -0.2) is 0 Å². The lowest BCUT2D eigenvalue weighted by Crippen LogP contribution is -1.93. The summed E-state index contributed by atoms with van der Waals surface area (Å²) >= 11 is 13.2. The first-order chi connectivity index (χ1) is 4.72. The van der Waals surface area contributed by atoms with Gasteiger partial charge in [0.25, 0.3) is 0 Å². The van der Waals surface area contributed by atoms with Gasteiger partial charge in [0.2, 0.25) is 0 Å². The van der Waals surface area contributed by atoms with Crippen LogP contribution in [-0.4, -0.2) is 0 Å². The van der Waals surface area contributed by atoms with Crippen molar-refractivity contribution >= 4 is 51.8 Å². The average molecular weight is 288 g/mol. The molecule has 0 aromatic heterocycles. The lowest BCUT2D eigenvalue weighted by atomic mass is 10.3. The van der Waals surface area contributed by atoms with Gasteiger partial charge in [-0.05, 0) is 34.7 Å². The molecule has 10 heavy (non-hydrogen) atoms. The second kappa shape index (κ2) is 3.64. The molecule has 0 atom stereocenters. The van der Waals surface area contributed by atoms with Crippen LogP contribution in [-0.2, 0) is 0 Å². The predicted molar refractivity (Wildman–Crippen MR) is 53.3 cm³/mol. The minimum absolute atomic E-state index is 0.812. The monoisotopic (exact) mass is 287 g/mol. The van der Waals surface area contributed by atoms with E-state index in [2.05, 4.69) is 22.6 Å². The second-order valence-electron chi connectivity index (χ2n) is 1.68. The predicted octanol–water partition coefficient (Wildman–Crippen LogP) is 3.41. The van der Waals surface area contributed by atoms with E-state index in [9.17, 15) is 0 Å². The first kappa shape index (κ1) is 8.43. The maximum Gasteiger partial charge on any atom is 0.0843 e. The molecule has 1 aromatic rings. The van der Waals surface area contributed by atoms with Gasteiger partial charge < -0.3 is 0 Å². The van der Waals surface area contributed by atoms with Crippen LogP contribution in [0.1, 0.15) is 0 Å². The summed E-state index contributed by atoms with van der Waals surface area (Å²) in [4.78, 5) is 0. The van der Waals surface area contributed by atoms with Gasteiger partial charge in [0.1, 0.15) is 0 Å². The second-order valence-corrected chi connectivity index (χ2v) is 3.70. The molecule has 0 aliphatic heterocycles. The van der Waals surface area contributed by atoms with E-state index in [-0.39, 0.29) is 0 Å². The van der Waals surface area contributed by atoms with Crippen molar-refractivity contribution in [3.8, 4) is 0 Å². The Kier molecular flexibility index (Phi) is 3.07. The molecule has 4 heteroatoms. The Bertz CT molecular complexity index is 227. The summed E-state index contributed by atoms with van der Waals surface area (Å²) in [5.74, 6) is 0. The zero-order chi connectivity index (χ0) is 7.56. The van der Waals surface area contributed by atoms with Crippen molar-refractivity contribution < 1.29 is 0 Å². The minimum atomic E-state index is 0.812. The van der Waals surface area contributed by atoms with Crippen molar-refractivity contribution in [3.05, 3.63) is 27.8 Å². The standard InChI is InChI=1S/C6H4Cl2IN/c7-10(8)6-4-2-1-3-5(6)9/h1-4H. The highest BCUT2D eigenvalue weighted by Gasteiger charge is 2.01. The van der Waals surface area contributed by atoms with Gasteiger partial charge in [-0.3, -0.25) is 0 Å². The molecule has 1 aromatic carbocycles. The molecule has 0 aliphatic carbocycles. The van der Waals surface area contributed by atoms with Crippen molar-refractivity contribution in [3.63, 3.8) is 0 Å². The molecule has 0 N–H and O–H groups in total.